The highest BCUT2D eigenvalue weighted by Crippen LogP contribution is 2.31. The van der Waals surface area contributed by atoms with Crippen molar-refractivity contribution in [2.24, 2.45) is 10.7 Å². The highest BCUT2D eigenvalue weighted by molar-refractivity contribution is 5.92. The number of benzene rings is 1. The zero-order valence-electron chi connectivity index (χ0n) is 16.2. The minimum atomic E-state index is 0.160. The van der Waals surface area contributed by atoms with E-state index in [-0.39, 0.29) is 5.54 Å². The van der Waals surface area contributed by atoms with E-state index >= 15 is 0 Å². The smallest absolute Gasteiger partial charge is 0.193 e. The number of ether oxygens (including phenoxy) is 1. The van der Waals surface area contributed by atoms with Crippen LogP contribution in [0.5, 0.6) is 5.75 Å². The molecule has 0 unspecified atom stereocenters. The average Bonchev–Trinajstić information content (AvgIpc) is 2.69. The van der Waals surface area contributed by atoms with Crippen molar-refractivity contribution in [2.75, 3.05) is 52.2 Å². The second-order valence-electron chi connectivity index (χ2n) is 7.63. The number of anilines is 1. The summed E-state index contributed by atoms with van der Waals surface area (Å²) in [6.45, 7) is 5.43. The zero-order valence-corrected chi connectivity index (χ0v) is 16.2. The first-order valence-electron chi connectivity index (χ1n) is 9.76. The molecule has 144 valence electrons. The van der Waals surface area contributed by atoms with E-state index in [2.05, 4.69) is 22.2 Å². The lowest BCUT2D eigenvalue weighted by molar-refractivity contribution is 0.0209. The first-order valence-corrected chi connectivity index (χ1v) is 9.76. The van der Waals surface area contributed by atoms with Gasteiger partial charge in [-0.05, 0) is 71.0 Å². The summed E-state index contributed by atoms with van der Waals surface area (Å²) in [7, 11) is 3.88. The van der Waals surface area contributed by atoms with Crippen molar-refractivity contribution in [3.63, 3.8) is 0 Å². The van der Waals surface area contributed by atoms with E-state index in [1.54, 1.807) is 7.11 Å². The van der Waals surface area contributed by atoms with Crippen LogP contribution in [-0.2, 0) is 0 Å². The summed E-state index contributed by atoms with van der Waals surface area (Å²) >= 11 is 0. The van der Waals surface area contributed by atoms with Crippen LogP contribution in [0.15, 0.2) is 29.3 Å². The number of aliphatic imine (C=N–C) groups is 1. The van der Waals surface area contributed by atoms with Crippen molar-refractivity contribution in [2.45, 2.75) is 37.6 Å². The van der Waals surface area contributed by atoms with Gasteiger partial charge in [-0.25, -0.2) is 0 Å². The quantitative estimate of drug-likeness (QED) is 0.624. The Balaban J connectivity index is 1.68. The lowest BCUT2D eigenvalue weighted by Gasteiger charge is -2.49. The summed E-state index contributed by atoms with van der Waals surface area (Å²) < 4.78 is 5.26. The lowest BCUT2D eigenvalue weighted by Crippen LogP contribution is -2.58. The highest BCUT2D eigenvalue weighted by Gasteiger charge is 2.39. The molecule has 0 atom stereocenters. The molecule has 0 aliphatic carbocycles. The molecule has 2 aliphatic heterocycles. The van der Waals surface area contributed by atoms with Crippen molar-refractivity contribution in [3.05, 3.63) is 24.3 Å². The summed E-state index contributed by atoms with van der Waals surface area (Å²) in [5, 5.41) is 3.20. The first kappa shape index (κ1) is 19.0. The van der Waals surface area contributed by atoms with Gasteiger partial charge in [-0.2, -0.15) is 0 Å². The third-order valence-corrected chi connectivity index (χ3v) is 5.83. The molecule has 2 heterocycles. The topological polar surface area (TPSA) is 66.1 Å². The van der Waals surface area contributed by atoms with Gasteiger partial charge in [0.1, 0.15) is 5.75 Å². The van der Waals surface area contributed by atoms with Gasteiger partial charge in [0.2, 0.25) is 0 Å². The maximum atomic E-state index is 6.20. The Hall–Kier alpha value is -1.79. The largest absolute Gasteiger partial charge is 0.497 e. The van der Waals surface area contributed by atoms with Crippen molar-refractivity contribution >= 4 is 11.6 Å². The summed E-state index contributed by atoms with van der Waals surface area (Å²) in [4.78, 5) is 9.86. The number of hydrogen-bond donors (Lipinski definition) is 2. The van der Waals surface area contributed by atoms with Crippen molar-refractivity contribution in [3.8, 4) is 5.75 Å². The fraction of sp³-hybridized carbons (Fsp3) is 0.650. The Bertz CT molecular complexity index is 604. The van der Waals surface area contributed by atoms with E-state index in [1.165, 1.54) is 45.2 Å². The minimum Gasteiger partial charge on any atom is -0.497 e. The number of nitrogens with one attached hydrogen (secondary N) is 1. The summed E-state index contributed by atoms with van der Waals surface area (Å²) in [6.07, 6.45) is 6.30. The molecule has 3 rings (SSSR count). The predicted octanol–water partition coefficient (Wildman–Crippen LogP) is 2.37. The Kier molecular flexibility index (Phi) is 6.38. The molecule has 1 aromatic rings. The van der Waals surface area contributed by atoms with Crippen LogP contribution in [0.4, 0.5) is 5.69 Å². The Morgan fingerprint density at radius 2 is 1.92 bits per heavy atom. The molecule has 3 N–H and O–H groups in total. The van der Waals surface area contributed by atoms with Crippen molar-refractivity contribution in [1.29, 1.82) is 0 Å². The molecule has 2 aliphatic rings. The molecule has 1 aromatic carbocycles. The van der Waals surface area contributed by atoms with E-state index in [9.17, 15) is 0 Å². The van der Waals surface area contributed by atoms with Gasteiger partial charge in [0.05, 0.1) is 13.7 Å². The fourth-order valence-electron chi connectivity index (χ4n) is 4.10. The third kappa shape index (κ3) is 4.68. The number of piperidine rings is 2. The SMILES string of the molecule is COc1cccc(NC(N)=NCC2(N3CCCCC3)CCN(C)CC2)c1. The monoisotopic (exact) mass is 359 g/mol. The molecule has 2 fully saturated rings. The van der Waals surface area contributed by atoms with Crippen LogP contribution >= 0.6 is 0 Å². The van der Waals surface area contributed by atoms with E-state index in [1.807, 2.05) is 24.3 Å². The highest BCUT2D eigenvalue weighted by atomic mass is 16.5. The lowest BCUT2D eigenvalue weighted by atomic mass is 9.84. The Morgan fingerprint density at radius 3 is 2.62 bits per heavy atom. The molecule has 0 amide bonds. The molecule has 0 saturated carbocycles. The van der Waals surface area contributed by atoms with Gasteiger partial charge in [-0.1, -0.05) is 12.5 Å². The van der Waals surface area contributed by atoms with Crippen LogP contribution in [0, 0.1) is 0 Å². The standard InChI is InChI=1S/C20H33N5O/c1-24-13-9-20(10-14-24,25-11-4-3-5-12-25)16-22-19(21)23-17-7-6-8-18(15-17)26-2/h6-8,15H,3-5,9-14,16H2,1-2H3,(H3,21,22,23). The normalized spacial score (nSPS) is 22.2. The van der Waals surface area contributed by atoms with Crippen LogP contribution in [-0.4, -0.2) is 68.2 Å². The van der Waals surface area contributed by atoms with Crippen LogP contribution in [0.1, 0.15) is 32.1 Å². The van der Waals surface area contributed by atoms with Crippen LogP contribution in [0.25, 0.3) is 0 Å². The van der Waals surface area contributed by atoms with Gasteiger partial charge in [0.15, 0.2) is 5.96 Å². The summed E-state index contributed by atoms with van der Waals surface area (Å²) in [5.74, 6) is 1.29. The number of nitrogens with two attached hydrogens (primary N) is 1. The number of hydrogen-bond acceptors (Lipinski definition) is 4. The van der Waals surface area contributed by atoms with Crippen molar-refractivity contribution in [1.82, 2.24) is 9.80 Å². The summed E-state index contributed by atoms with van der Waals surface area (Å²) in [6, 6.07) is 7.77. The molecule has 26 heavy (non-hydrogen) atoms. The molecule has 0 aromatic heterocycles. The van der Waals surface area contributed by atoms with Crippen LogP contribution < -0.4 is 15.8 Å². The summed E-state index contributed by atoms with van der Waals surface area (Å²) in [5.41, 5.74) is 7.26. The Morgan fingerprint density at radius 1 is 1.19 bits per heavy atom. The zero-order chi connectivity index (χ0) is 18.4. The van der Waals surface area contributed by atoms with Gasteiger partial charge >= 0.3 is 0 Å². The minimum absolute atomic E-state index is 0.160. The number of guanidine groups is 1. The first-order chi connectivity index (χ1) is 12.6. The molecular weight excluding hydrogens is 326 g/mol. The predicted molar refractivity (Wildman–Crippen MR) is 108 cm³/mol. The molecule has 2 saturated heterocycles. The van der Waals surface area contributed by atoms with E-state index in [0.717, 1.165) is 31.1 Å². The van der Waals surface area contributed by atoms with E-state index in [4.69, 9.17) is 15.5 Å². The van der Waals surface area contributed by atoms with Crippen molar-refractivity contribution < 1.29 is 4.74 Å². The molecule has 6 nitrogen and oxygen atoms in total. The second-order valence-corrected chi connectivity index (χ2v) is 7.63. The molecule has 0 spiro atoms. The van der Waals surface area contributed by atoms with E-state index in [0.29, 0.717) is 5.96 Å². The van der Waals surface area contributed by atoms with Gasteiger partial charge in [-0.3, -0.25) is 9.89 Å². The number of nitrogens with zero attached hydrogens (tertiary/aromatic N) is 3. The molecular formula is C20H33N5O. The Labute approximate surface area is 157 Å². The van der Waals surface area contributed by atoms with Gasteiger partial charge in [0.25, 0.3) is 0 Å². The number of rotatable bonds is 5. The maximum Gasteiger partial charge on any atom is 0.193 e. The van der Waals surface area contributed by atoms with Gasteiger partial charge in [0, 0.05) is 17.3 Å². The molecule has 0 radical (unpaired) electrons. The van der Waals surface area contributed by atoms with Crippen LogP contribution in [0.3, 0.4) is 0 Å². The average molecular weight is 360 g/mol. The maximum absolute atomic E-state index is 6.20. The van der Waals surface area contributed by atoms with Crippen LogP contribution in [0.2, 0.25) is 0 Å². The van der Waals surface area contributed by atoms with Gasteiger partial charge in [-0.15, -0.1) is 0 Å². The fourth-order valence-corrected chi connectivity index (χ4v) is 4.10. The van der Waals surface area contributed by atoms with Gasteiger partial charge < -0.3 is 20.7 Å². The van der Waals surface area contributed by atoms with E-state index < -0.39 is 0 Å². The third-order valence-electron chi connectivity index (χ3n) is 5.83. The number of methoxy groups -OCH3 is 1. The second kappa shape index (κ2) is 8.73. The molecule has 6 heteroatoms. The number of likely N-dealkylation sites (tertiary alicyclic amines) is 2. The molecule has 0 bridgehead atoms.